The molecule has 0 radical (unpaired) electrons. The van der Waals surface area contributed by atoms with Crippen LogP contribution in [0.1, 0.15) is 31.4 Å². The summed E-state index contributed by atoms with van der Waals surface area (Å²) >= 11 is 13.1. The van der Waals surface area contributed by atoms with Crippen molar-refractivity contribution in [2.45, 2.75) is 51.5 Å². The molecule has 3 aromatic rings. The molecule has 2 saturated heterocycles. The molecule has 2 atom stereocenters. The quantitative estimate of drug-likeness (QED) is 0.369. The number of hydrogen-bond acceptors (Lipinski definition) is 3. The number of benzene rings is 3. The van der Waals surface area contributed by atoms with Gasteiger partial charge in [0.25, 0.3) is 0 Å². The van der Waals surface area contributed by atoms with Crippen LogP contribution in [-0.2, 0) is 13.1 Å². The van der Waals surface area contributed by atoms with Crippen LogP contribution in [0.15, 0.2) is 48.5 Å². The fraction of sp³-hybridized carbons (Fsp3) is 0.345. The fourth-order valence-electron chi connectivity index (χ4n) is 6.26. The highest BCUT2D eigenvalue weighted by Crippen LogP contribution is 2.44. The average molecular weight is 557 g/mol. The fourth-order valence-corrected chi connectivity index (χ4v) is 6.82. The maximum atomic E-state index is 15.1. The highest BCUT2D eigenvalue weighted by Gasteiger charge is 2.44. The first-order valence-corrected chi connectivity index (χ1v) is 13.6. The van der Waals surface area contributed by atoms with E-state index >= 15 is 4.39 Å². The van der Waals surface area contributed by atoms with Crippen molar-refractivity contribution in [1.82, 2.24) is 15.1 Å². The molecule has 9 heteroatoms. The zero-order valence-corrected chi connectivity index (χ0v) is 22.7. The molecule has 2 bridgehead atoms. The van der Waals surface area contributed by atoms with Crippen LogP contribution in [0, 0.1) is 11.6 Å². The van der Waals surface area contributed by atoms with Gasteiger partial charge in [0.05, 0.1) is 21.4 Å². The van der Waals surface area contributed by atoms with Gasteiger partial charge in [-0.25, -0.2) is 13.6 Å². The molecule has 3 heterocycles. The summed E-state index contributed by atoms with van der Waals surface area (Å²) < 4.78 is 28.9. The molecule has 0 spiro atoms. The summed E-state index contributed by atoms with van der Waals surface area (Å²) in [5.41, 5.74) is 3.49. The lowest BCUT2D eigenvalue weighted by molar-refractivity contribution is 0.0999. The number of rotatable bonds is 5. The Kier molecular flexibility index (Phi) is 6.59. The van der Waals surface area contributed by atoms with Gasteiger partial charge in [0.1, 0.15) is 11.6 Å². The van der Waals surface area contributed by atoms with E-state index in [0.29, 0.717) is 57.2 Å². The summed E-state index contributed by atoms with van der Waals surface area (Å²) in [6, 6.07) is 13.7. The van der Waals surface area contributed by atoms with Gasteiger partial charge in [-0.05, 0) is 67.8 Å². The summed E-state index contributed by atoms with van der Waals surface area (Å²) in [5.74, 6) is -1.30. The molecule has 0 saturated carbocycles. The monoisotopic (exact) mass is 556 g/mol. The van der Waals surface area contributed by atoms with E-state index in [-0.39, 0.29) is 18.1 Å². The molecule has 2 unspecified atom stereocenters. The molecular formula is C29H28Cl2F2N4O. The second-order valence-corrected chi connectivity index (χ2v) is 11.4. The third-order valence-corrected chi connectivity index (χ3v) is 8.58. The van der Waals surface area contributed by atoms with Crippen molar-refractivity contribution in [2.24, 2.45) is 0 Å². The lowest BCUT2D eigenvalue weighted by atomic mass is 9.93. The van der Waals surface area contributed by atoms with Crippen LogP contribution in [0.25, 0.3) is 11.1 Å². The third kappa shape index (κ3) is 4.35. The molecule has 2 amide bonds. The largest absolute Gasteiger partial charge is 0.333 e. The van der Waals surface area contributed by atoms with E-state index in [9.17, 15) is 9.18 Å². The minimum absolute atomic E-state index is 0.191. The van der Waals surface area contributed by atoms with Crippen LogP contribution in [0.3, 0.4) is 0 Å². The summed E-state index contributed by atoms with van der Waals surface area (Å²) in [5, 5.41) is 3.52. The number of fused-ring (bicyclic) bond motifs is 3. The van der Waals surface area contributed by atoms with E-state index in [2.05, 4.69) is 29.0 Å². The molecule has 1 N–H and O–H groups in total. The van der Waals surface area contributed by atoms with E-state index in [4.69, 9.17) is 23.2 Å². The van der Waals surface area contributed by atoms with Gasteiger partial charge in [-0.2, -0.15) is 0 Å². The molecule has 3 aromatic carbocycles. The molecule has 0 aromatic heterocycles. The number of carbonyl (C=O) groups excluding carboxylic acids is 1. The molecule has 6 rings (SSSR count). The van der Waals surface area contributed by atoms with E-state index in [1.54, 1.807) is 18.2 Å². The van der Waals surface area contributed by atoms with Gasteiger partial charge in [0, 0.05) is 61.5 Å². The molecule has 38 heavy (non-hydrogen) atoms. The van der Waals surface area contributed by atoms with Gasteiger partial charge in [0.2, 0.25) is 0 Å². The number of amides is 2. The standard InChI is InChI=1S/C29H28Cl2F2N4O/c1-16(2)36-15-19-11-20(36)14-35(19)13-17-8-22(21-7-6-18(32)10-26(21)33)23-12-34-29(38)37(27(23)9-17)28-24(30)4-3-5-25(28)31/h3-10,16,19-20H,11-15H2,1-2H3,(H,34,38). The SMILES string of the molecule is CC(C)N1CC2CC1CN2Cc1cc(-c2ccc(F)cc2F)c2c(c1)N(c1c(Cl)cccc1Cl)C(=O)NC2. The summed E-state index contributed by atoms with van der Waals surface area (Å²) in [4.78, 5) is 19.7. The van der Waals surface area contributed by atoms with Crippen molar-refractivity contribution in [2.75, 3.05) is 18.0 Å². The maximum Gasteiger partial charge on any atom is 0.326 e. The Bertz CT molecular complexity index is 1410. The minimum Gasteiger partial charge on any atom is -0.333 e. The number of anilines is 2. The Morgan fingerprint density at radius 1 is 1.00 bits per heavy atom. The van der Waals surface area contributed by atoms with Crippen LogP contribution in [0.4, 0.5) is 25.0 Å². The van der Waals surface area contributed by atoms with Crippen molar-refractivity contribution in [1.29, 1.82) is 0 Å². The minimum atomic E-state index is -0.656. The zero-order chi connectivity index (χ0) is 26.7. The molecule has 3 aliphatic rings. The van der Waals surface area contributed by atoms with Gasteiger partial charge in [-0.15, -0.1) is 0 Å². The van der Waals surface area contributed by atoms with Crippen molar-refractivity contribution in [3.63, 3.8) is 0 Å². The van der Waals surface area contributed by atoms with E-state index in [1.807, 2.05) is 12.1 Å². The van der Waals surface area contributed by atoms with Crippen molar-refractivity contribution < 1.29 is 13.6 Å². The molecule has 5 nitrogen and oxygen atoms in total. The summed E-state index contributed by atoms with van der Waals surface area (Å²) in [6.45, 7) is 7.30. The van der Waals surface area contributed by atoms with Gasteiger partial charge in [0.15, 0.2) is 0 Å². The molecule has 3 aliphatic heterocycles. The van der Waals surface area contributed by atoms with Gasteiger partial charge >= 0.3 is 6.03 Å². The summed E-state index contributed by atoms with van der Waals surface area (Å²) in [7, 11) is 0. The van der Waals surface area contributed by atoms with Crippen LogP contribution in [0.2, 0.25) is 10.0 Å². The number of hydrogen-bond donors (Lipinski definition) is 1. The topological polar surface area (TPSA) is 38.8 Å². The van der Waals surface area contributed by atoms with Gasteiger partial charge in [-0.1, -0.05) is 29.3 Å². The van der Waals surface area contributed by atoms with E-state index in [0.717, 1.165) is 31.1 Å². The average Bonchev–Trinajstić information content (AvgIpc) is 3.46. The Morgan fingerprint density at radius 2 is 1.76 bits per heavy atom. The van der Waals surface area contributed by atoms with Crippen LogP contribution >= 0.6 is 23.2 Å². The number of piperazine rings is 1. The second kappa shape index (κ2) is 9.79. The Labute approximate surface area is 230 Å². The zero-order valence-electron chi connectivity index (χ0n) is 21.1. The van der Waals surface area contributed by atoms with E-state index in [1.165, 1.54) is 17.0 Å². The predicted octanol–water partition coefficient (Wildman–Crippen LogP) is 6.97. The number of likely N-dealkylation sites (tertiary alicyclic amines) is 2. The van der Waals surface area contributed by atoms with Gasteiger partial charge < -0.3 is 5.32 Å². The van der Waals surface area contributed by atoms with Crippen molar-refractivity contribution >= 4 is 40.6 Å². The number of urea groups is 1. The number of para-hydroxylation sites is 1. The number of halogens is 4. The first-order valence-electron chi connectivity index (χ1n) is 12.8. The molecule has 0 aliphatic carbocycles. The predicted molar refractivity (Wildman–Crippen MR) is 147 cm³/mol. The van der Waals surface area contributed by atoms with Crippen LogP contribution in [-0.4, -0.2) is 47.0 Å². The van der Waals surface area contributed by atoms with Gasteiger partial charge in [-0.3, -0.25) is 14.7 Å². The lowest BCUT2D eigenvalue weighted by Gasteiger charge is -2.37. The third-order valence-electron chi connectivity index (χ3n) is 7.97. The molecule has 198 valence electrons. The number of carbonyl (C=O) groups is 1. The molecular weight excluding hydrogens is 529 g/mol. The Morgan fingerprint density at radius 3 is 2.42 bits per heavy atom. The molecule has 2 fully saturated rings. The normalized spacial score (nSPS) is 21.3. The maximum absolute atomic E-state index is 15.1. The highest BCUT2D eigenvalue weighted by atomic mass is 35.5. The van der Waals surface area contributed by atoms with Crippen LogP contribution in [0.5, 0.6) is 0 Å². The Balaban J connectivity index is 1.47. The smallest absolute Gasteiger partial charge is 0.326 e. The first-order chi connectivity index (χ1) is 18.2. The van der Waals surface area contributed by atoms with Crippen molar-refractivity contribution in [3.8, 4) is 11.1 Å². The van der Waals surface area contributed by atoms with E-state index < -0.39 is 11.6 Å². The first kappa shape index (κ1) is 25.6. The second-order valence-electron chi connectivity index (χ2n) is 10.6. The Hall–Kier alpha value is -2.71. The summed E-state index contributed by atoms with van der Waals surface area (Å²) in [6.07, 6.45) is 1.13. The lowest BCUT2D eigenvalue weighted by Crippen LogP contribution is -2.48. The number of nitrogens with zero attached hydrogens (tertiary/aromatic N) is 3. The van der Waals surface area contributed by atoms with Crippen LogP contribution < -0.4 is 10.2 Å². The highest BCUT2D eigenvalue weighted by molar-refractivity contribution is 6.40. The number of nitrogens with one attached hydrogen (secondary N) is 1. The van der Waals surface area contributed by atoms with Crippen molar-refractivity contribution in [3.05, 3.63) is 81.3 Å².